The van der Waals surface area contributed by atoms with Gasteiger partial charge in [-0.05, 0) is 42.5 Å². The fourth-order valence-electron chi connectivity index (χ4n) is 2.10. The van der Waals surface area contributed by atoms with Crippen LogP contribution in [0, 0.1) is 6.92 Å². The Morgan fingerprint density at radius 1 is 1.46 bits per heavy atom. The molecule has 0 saturated carbocycles. The zero-order chi connectivity index (χ0) is 9.42. The van der Waals surface area contributed by atoms with E-state index in [1.807, 2.05) is 13.0 Å². The second-order valence-electron chi connectivity index (χ2n) is 3.52. The van der Waals surface area contributed by atoms with Crippen molar-refractivity contribution in [3.63, 3.8) is 0 Å². The maximum atomic E-state index is 9.73. The monoisotopic (exact) mass is 178 g/mol. The van der Waals surface area contributed by atoms with Crippen molar-refractivity contribution in [2.24, 2.45) is 0 Å². The summed E-state index contributed by atoms with van der Waals surface area (Å²) in [4.78, 5) is 0. The molecule has 1 aliphatic carbocycles. The van der Waals surface area contributed by atoms with Crippen molar-refractivity contribution in [3.05, 3.63) is 28.8 Å². The lowest BCUT2D eigenvalue weighted by molar-refractivity contribution is 0.179. The van der Waals surface area contributed by atoms with Crippen LogP contribution in [-0.4, -0.2) is 12.2 Å². The van der Waals surface area contributed by atoms with Gasteiger partial charge >= 0.3 is 0 Å². The highest BCUT2D eigenvalue weighted by Crippen LogP contribution is 2.37. The lowest BCUT2D eigenvalue weighted by atomic mass is 10.0. The van der Waals surface area contributed by atoms with Crippen molar-refractivity contribution >= 4 is 0 Å². The summed E-state index contributed by atoms with van der Waals surface area (Å²) in [5.41, 5.74) is 3.44. The van der Waals surface area contributed by atoms with Gasteiger partial charge in [-0.25, -0.2) is 0 Å². The summed E-state index contributed by atoms with van der Waals surface area (Å²) in [5.74, 6) is 0.875. The molecule has 0 radical (unpaired) electrons. The molecular formula is C11H14O2. The molecule has 0 spiro atoms. The number of benzene rings is 1. The van der Waals surface area contributed by atoms with Crippen LogP contribution in [0.4, 0.5) is 0 Å². The Labute approximate surface area is 78.2 Å². The molecule has 70 valence electrons. The van der Waals surface area contributed by atoms with E-state index in [4.69, 9.17) is 4.74 Å². The van der Waals surface area contributed by atoms with Crippen LogP contribution in [0.1, 0.15) is 29.2 Å². The Morgan fingerprint density at radius 3 is 2.92 bits per heavy atom. The molecule has 0 bridgehead atoms. The highest BCUT2D eigenvalue weighted by molar-refractivity contribution is 5.47. The van der Waals surface area contributed by atoms with Gasteiger partial charge in [-0.1, -0.05) is 6.07 Å². The van der Waals surface area contributed by atoms with E-state index >= 15 is 0 Å². The number of ether oxygens (including phenoxy) is 1. The average Bonchev–Trinajstić information content (AvgIpc) is 2.49. The molecule has 0 heterocycles. The van der Waals surface area contributed by atoms with Gasteiger partial charge in [-0.3, -0.25) is 0 Å². The quantitative estimate of drug-likeness (QED) is 0.712. The number of aliphatic hydroxyl groups is 1. The molecule has 1 unspecified atom stereocenters. The summed E-state index contributed by atoms with van der Waals surface area (Å²) in [7, 11) is 1.66. The zero-order valence-electron chi connectivity index (χ0n) is 8.00. The highest BCUT2D eigenvalue weighted by Gasteiger charge is 2.23. The molecule has 1 aromatic rings. The molecule has 13 heavy (non-hydrogen) atoms. The van der Waals surface area contributed by atoms with Crippen LogP contribution in [0.5, 0.6) is 5.75 Å². The van der Waals surface area contributed by atoms with E-state index in [0.717, 1.165) is 29.7 Å². The Hall–Kier alpha value is -1.02. The van der Waals surface area contributed by atoms with E-state index in [-0.39, 0.29) is 6.10 Å². The highest BCUT2D eigenvalue weighted by atomic mass is 16.5. The van der Waals surface area contributed by atoms with Crippen molar-refractivity contribution in [2.45, 2.75) is 25.9 Å². The molecule has 0 fully saturated rings. The van der Waals surface area contributed by atoms with Gasteiger partial charge in [0.1, 0.15) is 5.75 Å². The zero-order valence-corrected chi connectivity index (χ0v) is 8.00. The average molecular weight is 178 g/mol. The van der Waals surface area contributed by atoms with E-state index < -0.39 is 0 Å². The molecule has 2 heteroatoms. The van der Waals surface area contributed by atoms with E-state index in [2.05, 4.69) is 6.07 Å². The van der Waals surface area contributed by atoms with Crippen molar-refractivity contribution in [1.29, 1.82) is 0 Å². The predicted octanol–water partition coefficient (Wildman–Crippen LogP) is 1.98. The first-order valence-corrected chi connectivity index (χ1v) is 4.58. The van der Waals surface area contributed by atoms with Gasteiger partial charge in [0, 0.05) is 0 Å². The SMILES string of the molecule is COc1ccc2c(c1C)C(O)CC2. The molecule has 1 aliphatic rings. The summed E-state index contributed by atoms with van der Waals surface area (Å²) in [6.45, 7) is 2.01. The summed E-state index contributed by atoms with van der Waals surface area (Å²) in [6.07, 6.45) is 1.55. The maximum absolute atomic E-state index is 9.73. The minimum atomic E-state index is -0.287. The third-order valence-electron chi connectivity index (χ3n) is 2.80. The standard InChI is InChI=1S/C11H14O2/c1-7-10(13-2)6-4-8-3-5-9(12)11(7)8/h4,6,9,12H,3,5H2,1-2H3. The number of aliphatic hydroxyl groups excluding tert-OH is 1. The molecule has 0 aliphatic heterocycles. The van der Waals surface area contributed by atoms with Crippen molar-refractivity contribution in [2.75, 3.05) is 7.11 Å². The van der Waals surface area contributed by atoms with Gasteiger partial charge in [-0.15, -0.1) is 0 Å². The Morgan fingerprint density at radius 2 is 2.23 bits per heavy atom. The number of methoxy groups -OCH3 is 1. The fraction of sp³-hybridized carbons (Fsp3) is 0.455. The topological polar surface area (TPSA) is 29.5 Å². The normalized spacial score (nSPS) is 20.1. The third-order valence-corrected chi connectivity index (χ3v) is 2.80. The summed E-state index contributed by atoms with van der Waals surface area (Å²) >= 11 is 0. The van der Waals surface area contributed by atoms with Gasteiger partial charge < -0.3 is 9.84 Å². The van der Waals surface area contributed by atoms with Crippen LogP contribution < -0.4 is 4.74 Å². The van der Waals surface area contributed by atoms with Gasteiger partial charge in [0.05, 0.1) is 13.2 Å². The molecule has 0 aromatic heterocycles. The fourth-order valence-corrected chi connectivity index (χ4v) is 2.10. The van der Waals surface area contributed by atoms with Crippen LogP contribution >= 0.6 is 0 Å². The van der Waals surface area contributed by atoms with Crippen molar-refractivity contribution in [1.82, 2.24) is 0 Å². The molecular weight excluding hydrogens is 164 g/mol. The number of hydrogen-bond donors (Lipinski definition) is 1. The molecule has 2 rings (SSSR count). The number of hydrogen-bond acceptors (Lipinski definition) is 2. The summed E-state index contributed by atoms with van der Waals surface area (Å²) in [5, 5.41) is 9.73. The van der Waals surface area contributed by atoms with Crippen LogP contribution in [0.3, 0.4) is 0 Å². The minimum Gasteiger partial charge on any atom is -0.496 e. The van der Waals surface area contributed by atoms with E-state index in [9.17, 15) is 5.11 Å². The molecule has 2 nitrogen and oxygen atoms in total. The molecule has 0 saturated heterocycles. The first-order valence-electron chi connectivity index (χ1n) is 4.58. The van der Waals surface area contributed by atoms with Crippen LogP contribution in [0.2, 0.25) is 0 Å². The Kier molecular flexibility index (Phi) is 2.00. The van der Waals surface area contributed by atoms with Crippen LogP contribution in [0.15, 0.2) is 12.1 Å². The van der Waals surface area contributed by atoms with Gasteiger partial charge in [0.2, 0.25) is 0 Å². The van der Waals surface area contributed by atoms with Crippen LogP contribution in [-0.2, 0) is 6.42 Å². The number of fused-ring (bicyclic) bond motifs is 1. The number of aryl methyl sites for hydroxylation is 1. The molecule has 1 aromatic carbocycles. The first kappa shape index (κ1) is 8.57. The Bertz CT molecular complexity index is 331. The second-order valence-corrected chi connectivity index (χ2v) is 3.52. The lowest BCUT2D eigenvalue weighted by Crippen LogP contribution is -1.97. The van der Waals surface area contributed by atoms with Gasteiger partial charge in [0.25, 0.3) is 0 Å². The van der Waals surface area contributed by atoms with E-state index in [1.165, 1.54) is 5.56 Å². The smallest absolute Gasteiger partial charge is 0.122 e. The molecule has 1 N–H and O–H groups in total. The Balaban J connectivity index is 2.56. The second kappa shape index (κ2) is 3.04. The number of rotatable bonds is 1. The van der Waals surface area contributed by atoms with E-state index in [1.54, 1.807) is 7.11 Å². The van der Waals surface area contributed by atoms with Crippen molar-refractivity contribution < 1.29 is 9.84 Å². The predicted molar refractivity (Wildman–Crippen MR) is 51.0 cm³/mol. The van der Waals surface area contributed by atoms with Gasteiger partial charge in [0.15, 0.2) is 0 Å². The molecule has 1 atom stereocenters. The molecule has 0 amide bonds. The third kappa shape index (κ3) is 1.22. The largest absolute Gasteiger partial charge is 0.496 e. The van der Waals surface area contributed by atoms with Crippen LogP contribution in [0.25, 0.3) is 0 Å². The first-order chi connectivity index (χ1) is 6.24. The van der Waals surface area contributed by atoms with E-state index in [0.29, 0.717) is 0 Å². The maximum Gasteiger partial charge on any atom is 0.122 e. The minimum absolute atomic E-state index is 0.287. The lowest BCUT2D eigenvalue weighted by Gasteiger charge is -2.11. The summed E-state index contributed by atoms with van der Waals surface area (Å²) < 4.78 is 5.21. The van der Waals surface area contributed by atoms with Gasteiger partial charge in [-0.2, -0.15) is 0 Å². The summed E-state index contributed by atoms with van der Waals surface area (Å²) in [6, 6.07) is 4.03. The van der Waals surface area contributed by atoms with Crippen molar-refractivity contribution in [3.8, 4) is 5.75 Å².